The van der Waals surface area contributed by atoms with Crippen molar-refractivity contribution in [2.24, 2.45) is 47.3 Å². The highest BCUT2D eigenvalue weighted by Gasteiger charge is 2.46. The molecule has 488 valence electrons. The second-order valence-corrected chi connectivity index (χ2v) is 26.5. The van der Waals surface area contributed by atoms with E-state index in [0.717, 1.165) is 9.80 Å². The smallest absolute Gasteiger partial charge is 0.246 e. The molecule has 0 spiro atoms. The zero-order valence-corrected chi connectivity index (χ0v) is 56.1. The van der Waals surface area contributed by atoms with Gasteiger partial charge in [0.25, 0.3) is 0 Å². The molecule has 0 saturated carbocycles. The van der Waals surface area contributed by atoms with Crippen molar-refractivity contribution in [1.29, 1.82) is 0 Å². The summed E-state index contributed by atoms with van der Waals surface area (Å²) in [7, 11) is 9.89. The predicted octanol–water partition coefficient (Wildman–Crippen LogP) is 3.16. The van der Waals surface area contributed by atoms with Crippen LogP contribution in [-0.4, -0.2) is 232 Å². The Morgan fingerprint density at radius 2 is 0.847 bits per heavy atom. The third kappa shape index (κ3) is 21.0. The van der Waals surface area contributed by atoms with Gasteiger partial charge in [0, 0.05) is 68.3 Å². The van der Waals surface area contributed by atoms with Crippen LogP contribution in [-0.2, 0) is 52.7 Å². The summed E-state index contributed by atoms with van der Waals surface area (Å²) >= 11 is 0. The number of Topliss-reactive ketones (excluding diaryl/α,β-unsaturated/α-hetero) is 1. The first-order chi connectivity index (χ1) is 39.1. The second kappa shape index (κ2) is 34.6. The van der Waals surface area contributed by atoms with E-state index in [1.165, 1.54) is 87.7 Å². The van der Waals surface area contributed by atoms with Gasteiger partial charge in [-0.25, -0.2) is 0 Å². The topological polar surface area (TPSA) is 287 Å². The lowest BCUT2D eigenvalue weighted by molar-refractivity contribution is -0.157. The maximum absolute atomic E-state index is 15.1. The lowest BCUT2D eigenvalue weighted by Gasteiger charge is -2.41. The molecule has 0 aromatic rings. The highest BCUT2D eigenvalue weighted by atomic mass is 16.3. The molecule has 0 unspecified atom stereocenters. The molecule has 1 aliphatic heterocycles. The molecule has 0 aromatic heterocycles. The molecular formula is C62H112N10O13. The Labute approximate surface area is 508 Å². The van der Waals surface area contributed by atoms with Crippen LogP contribution in [0.1, 0.15) is 163 Å². The van der Waals surface area contributed by atoms with Crippen molar-refractivity contribution >= 4 is 64.9 Å². The highest BCUT2D eigenvalue weighted by Crippen LogP contribution is 2.26. The molecule has 5 N–H and O–H groups in total. The predicted molar refractivity (Wildman–Crippen MR) is 326 cm³/mol. The third-order valence-electron chi connectivity index (χ3n) is 16.7. The molecule has 23 nitrogen and oxygen atoms in total. The average molecular weight is 1210 g/mol. The van der Waals surface area contributed by atoms with E-state index < -0.39 is 155 Å². The van der Waals surface area contributed by atoms with Crippen LogP contribution in [0.3, 0.4) is 0 Å². The van der Waals surface area contributed by atoms with Crippen molar-refractivity contribution in [3.05, 3.63) is 0 Å². The molecule has 1 aliphatic rings. The van der Waals surface area contributed by atoms with Gasteiger partial charge in [0.1, 0.15) is 54.4 Å². The summed E-state index contributed by atoms with van der Waals surface area (Å²) < 4.78 is 0. The molecule has 0 bridgehead atoms. The quantitative estimate of drug-likeness (QED) is 0.158. The zero-order valence-electron chi connectivity index (χ0n) is 56.1. The molecular weight excluding hydrogens is 1090 g/mol. The Balaban J connectivity index is 4.35. The number of hydrogen-bond acceptors (Lipinski definition) is 13. The van der Waals surface area contributed by atoms with Crippen LogP contribution in [0.25, 0.3) is 0 Å². The first-order valence-electron chi connectivity index (χ1n) is 30.7. The third-order valence-corrected chi connectivity index (χ3v) is 16.7. The molecule has 1 saturated heterocycles. The Bertz CT molecular complexity index is 2290. The zero-order chi connectivity index (χ0) is 66.1. The number of ketones is 1. The summed E-state index contributed by atoms with van der Waals surface area (Å²) in [6.07, 6.45) is -1.30. The van der Waals surface area contributed by atoms with E-state index in [0.29, 0.717) is 0 Å². The molecule has 0 radical (unpaired) electrons. The summed E-state index contributed by atoms with van der Waals surface area (Å²) in [5, 5.41) is 30.2. The SMILES string of the molecule is CC[C@H]1NC(=O)[C@@H]([C@H](O)[C@H](C)CCO)N(C)C(=O)[C@@H](C(C)C)N(C)C(=O)[C@@H](CC(C)C)N(C)C(=O)[C@@H](CC(C)C)N(C)C(=O)[C@H](C)CC(=O)[C@@H](C)NC(=O)[C@@H](CC(C)C)N(C)C(=O)[C@@H](C(C)C)NC(=O)[C@H](CC(C)C)N(C)C(=O)[C@@H](C)N(C)C1=O. The van der Waals surface area contributed by atoms with Crippen LogP contribution >= 0.6 is 0 Å². The van der Waals surface area contributed by atoms with Gasteiger partial charge in [-0.05, 0) is 93.8 Å². The van der Waals surface area contributed by atoms with E-state index in [4.69, 9.17) is 0 Å². The Kier molecular flexibility index (Phi) is 31.5. The van der Waals surface area contributed by atoms with Gasteiger partial charge in [0.2, 0.25) is 59.1 Å². The fourth-order valence-electron chi connectivity index (χ4n) is 11.0. The molecule has 10 amide bonds. The minimum absolute atomic E-state index is 0.0110. The fourth-order valence-corrected chi connectivity index (χ4v) is 11.0. The lowest BCUT2D eigenvalue weighted by atomic mass is 9.91. The van der Waals surface area contributed by atoms with Gasteiger partial charge in [0.05, 0.1) is 12.1 Å². The van der Waals surface area contributed by atoms with Crippen LogP contribution in [0.2, 0.25) is 0 Å². The fraction of sp³-hybridized carbons (Fsp3) is 0.823. The van der Waals surface area contributed by atoms with Gasteiger partial charge in [-0.15, -0.1) is 0 Å². The number of likely N-dealkylation sites (N-methyl/N-ethyl adjacent to an activating group) is 7. The van der Waals surface area contributed by atoms with E-state index in [9.17, 15) is 53.4 Å². The normalized spacial score (nSPS) is 27.8. The number of rotatable bonds is 15. The largest absolute Gasteiger partial charge is 0.396 e. The summed E-state index contributed by atoms with van der Waals surface area (Å²) in [5.41, 5.74) is 0. The summed E-state index contributed by atoms with van der Waals surface area (Å²) in [6, 6.07) is -12.4. The van der Waals surface area contributed by atoms with Crippen molar-refractivity contribution in [1.82, 2.24) is 50.2 Å². The monoisotopic (exact) mass is 1200 g/mol. The molecule has 1 heterocycles. The molecule has 1 fully saturated rings. The number of aliphatic hydroxyl groups is 2. The van der Waals surface area contributed by atoms with Gasteiger partial charge in [-0.2, -0.15) is 0 Å². The van der Waals surface area contributed by atoms with E-state index in [2.05, 4.69) is 16.0 Å². The summed E-state index contributed by atoms with van der Waals surface area (Å²) in [5.74, 6) is -10.7. The number of hydrogen-bond donors (Lipinski definition) is 5. The maximum Gasteiger partial charge on any atom is 0.246 e. The maximum atomic E-state index is 15.1. The van der Waals surface area contributed by atoms with E-state index in [-0.39, 0.29) is 75.2 Å². The van der Waals surface area contributed by atoms with Crippen molar-refractivity contribution in [2.45, 2.75) is 229 Å². The van der Waals surface area contributed by atoms with Gasteiger partial charge in [-0.3, -0.25) is 52.7 Å². The van der Waals surface area contributed by atoms with Crippen LogP contribution < -0.4 is 16.0 Å². The van der Waals surface area contributed by atoms with Crippen molar-refractivity contribution in [3.63, 3.8) is 0 Å². The van der Waals surface area contributed by atoms with Gasteiger partial charge in [0.15, 0.2) is 5.78 Å². The van der Waals surface area contributed by atoms with Gasteiger partial charge >= 0.3 is 0 Å². The second-order valence-electron chi connectivity index (χ2n) is 26.5. The standard InChI is InChI=1S/C62H112N10O13/c1-25-43-58(81)66(18)42(17)57(80)67(19)45(29-34(4)5)54(77)65-49(37(10)11)61(84)68(20)44(28-33(2)3)53(76)63-41(16)48(74)32-40(15)56(79)69(21)46(30-35(6)7)59(82)70(22)47(31-36(8)9)60(83)71(23)50(38(12)13)62(85)72(24)51(55(78)64-43)52(75)39(14)26-27-73/h33-47,49-52,73,75H,25-32H2,1-24H3,(H,63,76)(H,64,78)(H,65,77)/t39-,40-,41-,42-,43-,44-,45+,46-,47-,49-,50-,51-,52-/m1/s1. The van der Waals surface area contributed by atoms with Crippen molar-refractivity contribution < 1.29 is 63.0 Å². The minimum Gasteiger partial charge on any atom is -0.396 e. The first kappa shape index (κ1) is 77.3. The number of nitrogens with zero attached hydrogens (tertiary/aromatic N) is 7. The average Bonchev–Trinajstić information content (AvgIpc) is 3.49. The summed E-state index contributed by atoms with van der Waals surface area (Å²) in [6.45, 7) is 29.1. The van der Waals surface area contributed by atoms with Crippen LogP contribution in [0, 0.1) is 47.3 Å². The highest BCUT2D eigenvalue weighted by molar-refractivity contribution is 6.00. The number of aliphatic hydroxyl groups excluding tert-OH is 2. The number of nitrogens with one attached hydrogen (secondary N) is 3. The molecule has 23 heteroatoms. The van der Waals surface area contributed by atoms with Gasteiger partial charge in [-0.1, -0.05) is 104 Å². The van der Waals surface area contributed by atoms with Crippen molar-refractivity contribution in [2.75, 3.05) is 55.9 Å². The summed E-state index contributed by atoms with van der Waals surface area (Å²) in [4.78, 5) is 169. The minimum atomic E-state index is -1.69. The number of carbonyl (C=O) groups is 11. The lowest BCUT2D eigenvalue weighted by Crippen LogP contribution is -2.64. The molecule has 1 rings (SSSR count). The number of carbonyl (C=O) groups excluding carboxylic acids is 11. The van der Waals surface area contributed by atoms with Crippen molar-refractivity contribution in [3.8, 4) is 0 Å². The Morgan fingerprint density at radius 1 is 0.447 bits per heavy atom. The molecule has 85 heavy (non-hydrogen) atoms. The molecule has 13 atom stereocenters. The van der Waals surface area contributed by atoms with E-state index in [1.807, 2.05) is 55.4 Å². The molecule has 0 aromatic carbocycles. The Hall–Kier alpha value is -5.71. The van der Waals surface area contributed by atoms with Crippen LogP contribution in [0.15, 0.2) is 0 Å². The number of amides is 10. The van der Waals surface area contributed by atoms with Gasteiger partial charge < -0.3 is 60.5 Å². The van der Waals surface area contributed by atoms with Crippen LogP contribution in [0.4, 0.5) is 0 Å². The van der Waals surface area contributed by atoms with E-state index in [1.54, 1.807) is 48.5 Å². The van der Waals surface area contributed by atoms with Crippen LogP contribution in [0.5, 0.6) is 0 Å². The van der Waals surface area contributed by atoms with E-state index >= 15 is 9.59 Å². The molecule has 0 aliphatic carbocycles. The first-order valence-corrected chi connectivity index (χ1v) is 30.7. The Morgan fingerprint density at radius 3 is 1.27 bits per heavy atom.